The van der Waals surface area contributed by atoms with Crippen LogP contribution in [0.2, 0.25) is 4.34 Å². The van der Waals surface area contributed by atoms with E-state index < -0.39 is 0 Å². The molecular weight excluding hydrogens is 238 g/mol. The van der Waals surface area contributed by atoms with Crippen LogP contribution in [0.5, 0.6) is 0 Å². The molecule has 0 aromatic carbocycles. The number of rotatable bonds is 3. The van der Waals surface area contributed by atoms with E-state index in [2.05, 4.69) is 18.3 Å². The Morgan fingerprint density at radius 3 is 3.19 bits per heavy atom. The SMILES string of the molecule is CCC1CC1NC1CCCc2sc(Cl)cc21. The van der Waals surface area contributed by atoms with E-state index in [1.54, 1.807) is 11.3 Å². The Morgan fingerprint density at radius 2 is 2.44 bits per heavy atom. The summed E-state index contributed by atoms with van der Waals surface area (Å²) in [5, 5.41) is 3.81. The molecule has 16 heavy (non-hydrogen) atoms. The maximum atomic E-state index is 6.12. The minimum atomic E-state index is 0.578. The van der Waals surface area contributed by atoms with Crippen molar-refractivity contribution >= 4 is 22.9 Å². The highest BCUT2D eigenvalue weighted by molar-refractivity contribution is 7.16. The van der Waals surface area contributed by atoms with Crippen molar-refractivity contribution in [3.05, 3.63) is 20.8 Å². The van der Waals surface area contributed by atoms with Crippen LogP contribution in [0.25, 0.3) is 0 Å². The summed E-state index contributed by atoms with van der Waals surface area (Å²) >= 11 is 7.89. The lowest BCUT2D eigenvalue weighted by Gasteiger charge is -2.23. The van der Waals surface area contributed by atoms with Crippen molar-refractivity contribution in [2.24, 2.45) is 5.92 Å². The van der Waals surface area contributed by atoms with E-state index in [0.29, 0.717) is 6.04 Å². The molecular formula is C13H18ClNS. The number of fused-ring (bicyclic) bond motifs is 1. The minimum absolute atomic E-state index is 0.578. The molecule has 1 nitrogen and oxygen atoms in total. The molecule has 2 aliphatic carbocycles. The first-order valence-electron chi connectivity index (χ1n) is 6.32. The molecule has 0 amide bonds. The van der Waals surface area contributed by atoms with Gasteiger partial charge in [-0.15, -0.1) is 11.3 Å². The summed E-state index contributed by atoms with van der Waals surface area (Å²) in [5.74, 6) is 0.930. The van der Waals surface area contributed by atoms with Crippen molar-refractivity contribution in [3.8, 4) is 0 Å². The molecule has 1 N–H and O–H groups in total. The third-order valence-corrected chi connectivity index (χ3v) is 5.29. The monoisotopic (exact) mass is 255 g/mol. The third-order valence-electron chi connectivity index (χ3n) is 3.95. The van der Waals surface area contributed by atoms with Gasteiger partial charge in [0.2, 0.25) is 0 Å². The summed E-state index contributed by atoms with van der Waals surface area (Å²) < 4.78 is 0.960. The molecule has 88 valence electrons. The van der Waals surface area contributed by atoms with Crippen molar-refractivity contribution in [1.29, 1.82) is 0 Å². The van der Waals surface area contributed by atoms with E-state index in [-0.39, 0.29) is 0 Å². The minimum Gasteiger partial charge on any atom is -0.307 e. The predicted octanol–water partition coefficient (Wildman–Crippen LogP) is 4.17. The average molecular weight is 256 g/mol. The quantitative estimate of drug-likeness (QED) is 0.855. The van der Waals surface area contributed by atoms with Crippen LogP contribution in [0, 0.1) is 5.92 Å². The van der Waals surface area contributed by atoms with Gasteiger partial charge < -0.3 is 5.32 Å². The maximum Gasteiger partial charge on any atom is 0.0934 e. The largest absolute Gasteiger partial charge is 0.307 e. The van der Waals surface area contributed by atoms with Crippen molar-refractivity contribution < 1.29 is 0 Å². The average Bonchev–Trinajstić information content (AvgIpc) is 2.90. The predicted molar refractivity (Wildman–Crippen MR) is 70.3 cm³/mol. The first-order chi connectivity index (χ1) is 7.78. The van der Waals surface area contributed by atoms with Crippen LogP contribution in [0.1, 0.15) is 49.1 Å². The molecule has 3 atom stereocenters. The number of halogens is 1. The number of hydrogen-bond donors (Lipinski definition) is 1. The van der Waals surface area contributed by atoms with Gasteiger partial charge in [0.05, 0.1) is 4.34 Å². The zero-order chi connectivity index (χ0) is 11.1. The van der Waals surface area contributed by atoms with Crippen LogP contribution in [-0.4, -0.2) is 6.04 Å². The Balaban J connectivity index is 1.72. The molecule has 3 unspecified atom stereocenters. The van der Waals surface area contributed by atoms with Gasteiger partial charge in [0.15, 0.2) is 0 Å². The summed E-state index contributed by atoms with van der Waals surface area (Å²) in [5.41, 5.74) is 1.49. The maximum absolute atomic E-state index is 6.12. The zero-order valence-corrected chi connectivity index (χ0v) is 11.2. The fourth-order valence-corrected chi connectivity index (χ4v) is 4.24. The fraction of sp³-hybridized carbons (Fsp3) is 0.692. The van der Waals surface area contributed by atoms with E-state index in [1.807, 2.05) is 0 Å². The lowest BCUT2D eigenvalue weighted by Crippen LogP contribution is -2.27. The van der Waals surface area contributed by atoms with Gasteiger partial charge in [-0.2, -0.15) is 0 Å². The summed E-state index contributed by atoms with van der Waals surface area (Å²) in [6.07, 6.45) is 6.52. The molecule has 0 bridgehead atoms. The van der Waals surface area contributed by atoms with E-state index in [9.17, 15) is 0 Å². The Kier molecular flexibility index (Phi) is 2.99. The highest BCUT2D eigenvalue weighted by atomic mass is 35.5. The van der Waals surface area contributed by atoms with Crippen molar-refractivity contribution in [1.82, 2.24) is 5.32 Å². The summed E-state index contributed by atoms with van der Waals surface area (Å²) in [6.45, 7) is 2.29. The van der Waals surface area contributed by atoms with Gasteiger partial charge in [-0.25, -0.2) is 0 Å². The van der Waals surface area contributed by atoms with Crippen LogP contribution in [0.3, 0.4) is 0 Å². The van der Waals surface area contributed by atoms with Crippen LogP contribution < -0.4 is 5.32 Å². The number of nitrogens with one attached hydrogen (secondary N) is 1. The van der Waals surface area contributed by atoms with Crippen molar-refractivity contribution in [2.45, 2.75) is 51.1 Å². The Bertz CT molecular complexity index is 387. The van der Waals surface area contributed by atoms with Crippen LogP contribution in [0.4, 0.5) is 0 Å². The topological polar surface area (TPSA) is 12.0 Å². The fourth-order valence-electron chi connectivity index (χ4n) is 2.86. The summed E-state index contributed by atoms with van der Waals surface area (Å²) in [6, 6.07) is 3.54. The van der Waals surface area contributed by atoms with E-state index >= 15 is 0 Å². The first kappa shape index (κ1) is 11.1. The molecule has 1 heterocycles. The summed E-state index contributed by atoms with van der Waals surface area (Å²) in [4.78, 5) is 1.52. The van der Waals surface area contributed by atoms with Gasteiger partial charge >= 0.3 is 0 Å². The molecule has 1 fully saturated rings. The third kappa shape index (κ3) is 2.03. The molecule has 3 heteroatoms. The second kappa shape index (κ2) is 4.32. The molecule has 3 rings (SSSR count). The van der Waals surface area contributed by atoms with Crippen LogP contribution in [-0.2, 0) is 6.42 Å². The van der Waals surface area contributed by atoms with E-state index in [1.165, 1.54) is 42.5 Å². The Labute approximate surface area is 106 Å². The van der Waals surface area contributed by atoms with Crippen LogP contribution in [0.15, 0.2) is 6.07 Å². The van der Waals surface area contributed by atoms with E-state index in [4.69, 9.17) is 11.6 Å². The molecule has 1 aromatic heterocycles. The molecule has 0 radical (unpaired) electrons. The van der Waals surface area contributed by atoms with Gasteiger partial charge in [-0.05, 0) is 43.2 Å². The normalized spacial score (nSPS) is 32.5. The van der Waals surface area contributed by atoms with Gasteiger partial charge in [0, 0.05) is 17.0 Å². The van der Waals surface area contributed by atoms with Gasteiger partial charge in [-0.3, -0.25) is 0 Å². The molecule has 1 aromatic rings. The van der Waals surface area contributed by atoms with Crippen molar-refractivity contribution in [2.75, 3.05) is 0 Å². The number of hydrogen-bond acceptors (Lipinski definition) is 2. The van der Waals surface area contributed by atoms with Crippen LogP contribution >= 0.6 is 22.9 Å². The summed E-state index contributed by atoms with van der Waals surface area (Å²) in [7, 11) is 0. The highest BCUT2D eigenvalue weighted by Crippen LogP contribution is 2.41. The van der Waals surface area contributed by atoms with Gasteiger partial charge in [0.1, 0.15) is 0 Å². The number of aryl methyl sites for hydroxylation is 1. The molecule has 2 aliphatic rings. The standard InChI is InChI=1S/C13H18ClNS/c1-2-8-6-11(8)15-10-4-3-5-12-9(10)7-13(14)16-12/h7-8,10-11,15H,2-6H2,1H3. The Morgan fingerprint density at radius 1 is 1.56 bits per heavy atom. The zero-order valence-electron chi connectivity index (χ0n) is 9.63. The lowest BCUT2D eigenvalue weighted by atomic mass is 9.94. The highest BCUT2D eigenvalue weighted by Gasteiger charge is 2.37. The number of thiophene rings is 1. The second-order valence-corrected chi connectivity index (χ2v) is 6.82. The molecule has 1 saturated carbocycles. The second-order valence-electron chi connectivity index (χ2n) is 5.05. The van der Waals surface area contributed by atoms with Gasteiger partial charge in [-0.1, -0.05) is 24.9 Å². The van der Waals surface area contributed by atoms with E-state index in [0.717, 1.165) is 16.3 Å². The van der Waals surface area contributed by atoms with Gasteiger partial charge in [0.25, 0.3) is 0 Å². The molecule has 0 spiro atoms. The van der Waals surface area contributed by atoms with Crippen molar-refractivity contribution in [3.63, 3.8) is 0 Å². The smallest absolute Gasteiger partial charge is 0.0934 e. The lowest BCUT2D eigenvalue weighted by molar-refractivity contribution is 0.448. The molecule has 0 aliphatic heterocycles. The Hall–Kier alpha value is -0.0500. The first-order valence-corrected chi connectivity index (χ1v) is 7.51. The molecule has 0 saturated heterocycles.